The van der Waals surface area contributed by atoms with Crippen molar-refractivity contribution in [2.45, 2.75) is 13.0 Å². The molecule has 3 aromatic rings. The molecule has 0 unspecified atom stereocenters. The van der Waals surface area contributed by atoms with E-state index in [2.05, 4.69) is 39.1 Å². The molecule has 0 bridgehead atoms. The number of nitriles is 2. The molecule has 0 aliphatic carbocycles. The molecule has 0 saturated heterocycles. The Morgan fingerprint density at radius 2 is 1.68 bits per heavy atom. The summed E-state index contributed by atoms with van der Waals surface area (Å²) in [5.74, 6) is 0.962. The molecule has 122 valence electrons. The fraction of sp³-hybridized carbons (Fsp3) is 0.150. The van der Waals surface area contributed by atoms with E-state index >= 15 is 0 Å². The molecule has 0 fully saturated rings. The lowest BCUT2D eigenvalue weighted by Crippen LogP contribution is -2.12. The monoisotopic (exact) mass is 327 g/mol. The number of nitrogens with zero attached hydrogens (tertiary/aromatic N) is 4. The molecule has 5 nitrogen and oxygen atoms in total. The SMILES string of the molecule is N#Cc1cccc(C#N)c1NCCc1nccn1Cc1ccccc1. The number of imidazole rings is 1. The van der Waals surface area contributed by atoms with Crippen molar-refractivity contribution >= 4 is 5.69 Å². The molecule has 1 heterocycles. The second kappa shape index (κ2) is 7.81. The van der Waals surface area contributed by atoms with Crippen LogP contribution in [-0.4, -0.2) is 16.1 Å². The summed E-state index contributed by atoms with van der Waals surface area (Å²) in [5, 5.41) is 21.6. The van der Waals surface area contributed by atoms with Crippen LogP contribution in [0.5, 0.6) is 0 Å². The van der Waals surface area contributed by atoms with Crippen LogP contribution >= 0.6 is 0 Å². The molecular formula is C20H17N5. The van der Waals surface area contributed by atoms with Crippen molar-refractivity contribution in [3.05, 3.63) is 83.4 Å². The van der Waals surface area contributed by atoms with Crippen molar-refractivity contribution in [3.63, 3.8) is 0 Å². The topological polar surface area (TPSA) is 77.4 Å². The first-order chi connectivity index (χ1) is 12.3. The largest absolute Gasteiger partial charge is 0.382 e. The molecule has 25 heavy (non-hydrogen) atoms. The van der Waals surface area contributed by atoms with Crippen molar-refractivity contribution in [3.8, 4) is 12.1 Å². The van der Waals surface area contributed by atoms with E-state index in [-0.39, 0.29) is 0 Å². The third-order valence-electron chi connectivity index (χ3n) is 3.95. The van der Waals surface area contributed by atoms with Crippen LogP contribution < -0.4 is 5.32 Å². The Bertz CT molecular complexity index is 896. The highest BCUT2D eigenvalue weighted by Crippen LogP contribution is 2.19. The third kappa shape index (κ3) is 3.85. The summed E-state index contributed by atoms with van der Waals surface area (Å²) in [6, 6.07) is 19.6. The molecule has 0 radical (unpaired) electrons. The first-order valence-corrected chi connectivity index (χ1v) is 8.03. The van der Waals surface area contributed by atoms with Crippen LogP contribution in [0.4, 0.5) is 5.69 Å². The van der Waals surface area contributed by atoms with E-state index in [0.717, 1.165) is 12.4 Å². The smallest absolute Gasteiger partial charge is 0.110 e. The highest BCUT2D eigenvalue weighted by Gasteiger charge is 2.09. The van der Waals surface area contributed by atoms with E-state index in [9.17, 15) is 10.5 Å². The van der Waals surface area contributed by atoms with Gasteiger partial charge in [0.2, 0.25) is 0 Å². The molecule has 0 aliphatic heterocycles. The van der Waals surface area contributed by atoms with Gasteiger partial charge in [-0.15, -0.1) is 0 Å². The molecule has 0 amide bonds. The number of hydrogen-bond donors (Lipinski definition) is 1. The molecule has 1 N–H and O–H groups in total. The first kappa shape index (κ1) is 16.3. The minimum Gasteiger partial charge on any atom is -0.382 e. The Balaban J connectivity index is 1.68. The molecule has 0 saturated carbocycles. The summed E-state index contributed by atoms with van der Waals surface area (Å²) in [6.07, 6.45) is 4.46. The lowest BCUT2D eigenvalue weighted by atomic mass is 10.1. The number of para-hydroxylation sites is 1. The minimum absolute atomic E-state index is 0.478. The van der Waals surface area contributed by atoms with Crippen LogP contribution in [0.25, 0.3) is 0 Å². The first-order valence-electron chi connectivity index (χ1n) is 8.03. The quantitative estimate of drug-likeness (QED) is 0.753. The van der Waals surface area contributed by atoms with E-state index in [0.29, 0.717) is 29.8 Å². The minimum atomic E-state index is 0.478. The maximum absolute atomic E-state index is 9.21. The van der Waals surface area contributed by atoms with Gasteiger partial charge in [0.15, 0.2) is 0 Å². The molecule has 0 atom stereocenters. The predicted octanol–water partition coefficient (Wildman–Crippen LogP) is 3.33. The second-order valence-electron chi connectivity index (χ2n) is 5.59. The van der Waals surface area contributed by atoms with Crippen molar-refractivity contribution < 1.29 is 0 Å². The van der Waals surface area contributed by atoms with Crippen LogP contribution in [0, 0.1) is 22.7 Å². The molecule has 1 aromatic heterocycles. The standard InChI is InChI=1S/C20H17N5/c21-13-17-7-4-8-18(14-22)20(17)24-10-9-19-23-11-12-25(19)15-16-5-2-1-3-6-16/h1-8,11-12,24H,9-10,15H2. The molecule has 3 rings (SSSR count). The maximum Gasteiger partial charge on any atom is 0.110 e. The molecular weight excluding hydrogens is 310 g/mol. The number of anilines is 1. The normalized spacial score (nSPS) is 10.0. The van der Waals surface area contributed by atoms with Gasteiger partial charge in [-0.2, -0.15) is 10.5 Å². The highest BCUT2D eigenvalue weighted by molar-refractivity contribution is 5.66. The molecule has 0 spiro atoms. The van der Waals surface area contributed by atoms with Gasteiger partial charge in [-0.25, -0.2) is 4.98 Å². The fourth-order valence-corrected chi connectivity index (χ4v) is 2.72. The van der Waals surface area contributed by atoms with Crippen molar-refractivity contribution in [2.24, 2.45) is 0 Å². The van der Waals surface area contributed by atoms with E-state index < -0.39 is 0 Å². The Hall–Kier alpha value is -3.57. The summed E-state index contributed by atoms with van der Waals surface area (Å²) < 4.78 is 2.11. The summed E-state index contributed by atoms with van der Waals surface area (Å²) >= 11 is 0. The Morgan fingerprint density at radius 3 is 2.36 bits per heavy atom. The zero-order valence-corrected chi connectivity index (χ0v) is 13.7. The van der Waals surface area contributed by atoms with Gasteiger partial charge < -0.3 is 9.88 Å². The van der Waals surface area contributed by atoms with Crippen LogP contribution in [0.1, 0.15) is 22.5 Å². The van der Waals surface area contributed by atoms with Crippen molar-refractivity contribution in [1.29, 1.82) is 10.5 Å². The van der Waals surface area contributed by atoms with Crippen LogP contribution in [0.3, 0.4) is 0 Å². The summed E-state index contributed by atoms with van der Waals surface area (Å²) in [5.41, 5.74) is 2.77. The van der Waals surface area contributed by atoms with Gasteiger partial charge in [-0.05, 0) is 17.7 Å². The van der Waals surface area contributed by atoms with E-state index in [1.54, 1.807) is 24.4 Å². The van der Waals surface area contributed by atoms with Gasteiger partial charge >= 0.3 is 0 Å². The van der Waals surface area contributed by atoms with Crippen molar-refractivity contribution in [2.75, 3.05) is 11.9 Å². The zero-order valence-electron chi connectivity index (χ0n) is 13.7. The molecule has 2 aromatic carbocycles. The van der Waals surface area contributed by atoms with Gasteiger partial charge in [-0.1, -0.05) is 36.4 Å². The Morgan fingerprint density at radius 1 is 0.960 bits per heavy atom. The number of nitrogens with one attached hydrogen (secondary N) is 1. The van der Waals surface area contributed by atoms with E-state index in [1.165, 1.54) is 5.56 Å². The highest BCUT2D eigenvalue weighted by atomic mass is 15.1. The Kier molecular flexibility index (Phi) is 5.09. The van der Waals surface area contributed by atoms with Crippen LogP contribution in [0.15, 0.2) is 60.9 Å². The summed E-state index contributed by atoms with van der Waals surface area (Å²) in [7, 11) is 0. The number of hydrogen-bond acceptors (Lipinski definition) is 4. The average Bonchev–Trinajstić information content (AvgIpc) is 3.09. The van der Waals surface area contributed by atoms with Gasteiger partial charge in [-0.3, -0.25) is 0 Å². The third-order valence-corrected chi connectivity index (χ3v) is 3.95. The average molecular weight is 327 g/mol. The Labute approximate surface area is 146 Å². The van der Waals surface area contributed by atoms with Gasteiger partial charge in [0.1, 0.15) is 18.0 Å². The second-order valence-corrected chi connectivity index (χ2v) is 5.59. The van der Waals surface area contributed by atoms with Crippen molar-refractivity contribution in [1.82, 2.24) is 9.55 Å². The van der Waals surface area contributed by atoms with Gasteiger partial charge in [0.05, 0.1) is 16.8 Å². The predicted molar refractivity (Wildman–Crippen MR) is 95.8 cm³/mol. The molecule has 0 aliphatic rings. The summed E-state index contributed by atoms with van der Waals surface area (Å²) in [4.78, 5) is 4.42. The van der Waals surface area contributed by atoms with E-state index in [1.807, 2.05) is 24.4 Å². The molecule has 5 heteroatoms. The van der Waals surface area contributed by atoms with Crippen LogP contribution in [0.2, 0.25) is 0 Å². The number of rotatable bonds is 6. The van der Waals surface area contributed by atoms with Gasteiger partial charge in [0.25, 0.3) is 0 Å². The van der Waals surface area contributed by atoms with Gasteiger partial charge in [0, 0.05) is 31.9 Å². The van der Waals surface area contributed by atoms with E-state index in [4.69, 9.17) is 0 Å². The maximum atomic E-state index is 9.21. The lowest BCUT2D eigenvalue weighted by molar-refractivity contribution is 0.723. The summed E-state index contributed by atoms with van der Waals surface area (Å²) in [6.45, 7) is 1.37. The zero-order chi connectivity index (χ0) is 17.5. The lowest BCUT2D eigenvalue weighted by Gasteiger charge is -2.11. The van der Waals surface area contributed by atoms with Crippen LogP contribution in [-0.2, 0) is 13.0 Å². The number of aromatic nitrogens is 2. The fourth-order valence-electron chi connectivity index (χ4n) is 2.72. The number of benzene rings is 2.